The molecule has 1 heterocycles. The summed E-state index contributed by atoms with van der Waals surface area (Å²) < 4.78 is 13.5. The fourth-order valence-corrected chi connectivity index (χ4v) is 2.42. The summed E-state index contributed by atoms with van der Waals surface area (Å²) in [6.45, 7) is 0.547. The zero-order valence-electron chi connectivity index (χ0n) is 11.3. The highest BCUT2D eigenvalue weighted by atomic mass is 19.1. The molecule has 1 aliphatic rings. The lowest BCUT2D eigenvalue weighted by atomic mass is 10.2. The van der Waals surface area contributed by atoms with Crippen molar-refractivity contribution in [1.29, 1.82) is 0 Å². The molecule has 6 heteroatoms. The molecule has 108 valence electrons. The number of carboxylic acid groups (broad SMARTS) is 1. The van der Waals surface area contributed by atoms with Crippen LogP contribution >= 0.6 is 0 Å². The van der Waals surface area contributed by atoms with Gasteiger partial charge in [-0.25, -0.2) is 14.0 Å². The molecular weight excluding hydrogens is 263 g/mol. The molecule has 0 unspecified atom stereocenters. The first-order chi connectivity index (χ1) is 9.50. The molecule has 1 atom stereocenters. The van der Waals surface area contributed by atoms with E-state index in [0.29, 0.717) is 24.9 Å². The molecule has 0 aromatic heterocycles. The summed E-state index contributed by atoms with van der Waals surface area (Å²) in [4.78, 5) is 26.0. The zero-order valence-corrected chi connectivity index (χ0v) is 11.3. The maximum absolute atomic E-state index is 13.5. The van der Waals surface area contributed by atoms with Gasteiger partial charge < -0.3 is 14.9 Å². The Morgan fingerprint density at radius 1 is 1.45 bits per heavy atom. The minimum atomic E-state index is -0.991. The average molecular weight is 280 g/mol. The number of urea groups is 1. The number of hydrogen-bond donors (Lipinski definition) is 1. The van der Waals surface area contributed by atoms with Crippen molar-refractivity contribution in [2.75, 3.05) is 13.6 Å². The van der Waals surface area contributed by atoms with Crippen LogP contribution in [0.1, 0.15) is 18.4 Å². The number of carboxylic acids is 1. The Morgan fingerprint density at radius 3 is 2.80 bits per heavy atom. The van der Waals surface area contributed by atoms with Gasteiger partial charge in [0, 0.05) is 25.7 Å². The van der Waals surface area contributed by atoms with Crippen LogP contribution in [0.3, 0.4) is 0 Å². The van der Waals surface area contributed by atoms with Crippen LogP contribution in [0.5, 0.6) is 0 Å². The second-order valence-corrected chi connectivity index (χ2v) is 4.92. The molecule has 2 amide bonds. The van der Waals surface area contributed by atoms with E-state index in [1.807, 2.05) is 0 Å². The topological polar surface area (TPSA) is 60.9 Å². The van der Waals surface area contributed by atoms with E-state index in [1.54, 1.807) is 25.2 Å². The normalized spacial score (nSPS) is 18.1. The van der Waals surface area contributed by atoms with Gasteiger partial charge in [-0.15, -0.1) is 0 Å². The SMILES string of the molecule is CN(Cc1ccccc1F)C(=O)N1CCC[C@@H]1C(=O)O. The van der Waals surface area contributed by atoms with E-state index < -0.39 is 12.0 Å². The van der Waals surface area contributed by atoms with Gasteiger partial charge >= 0.3 is 12.0 Å². The molecule has 0 radical (unpaired) electrons. The maximum Gasteiger partial charge on any atom is 0.326 e. The number of rotatable bonds is 3. The molecular formula is C14H17FN2O3. The number of hydrogen-bond acceptors (Lipinski definition) is 2. The molecule has 1 fully saturated rings. The number of benzene rings is 1. The van der Waals surface area contributed by atoms with Crippen LogP contribution in [-0.4, -0.2) is 46.5 Å². The number of carbonyl (C=O) groups excluding carboxylic acids is 1. The van der Waals surface area contributed by atoms with E-state index in [1.165, 1.54) is 15.9 Å². The largest absolute Gasteiger partial charge is 0.480 e. The highest BCUT2D eigenvalue weighted by Crippen LogP contribution is 2.20. The third kappa shape index (κ3) is 2.89. The number of aliphatic carboxylic acids is 1. The van der Waals surface area contributed by atoms with Gasteiger partial charge in [-0.3, -0.25) is 0 Å². The second kappa shape index (κ2) is 5.90. The van der Waals surface area contributed by atoms with Crippen LogP contribution in [-0.2, 0) is 11.3 Å². The third-order valence-electron chi connectivity index (χ3n) is 3.48. The number of carbonyl (C=O) groups is 2. The van der Waals surface area contributed by atoms with Crippen LogP contribution < -0.4 is 0 Å². The van der Waals surface area contributed by atoms with Crippen LogP contribution in [0.4, 0.5) is 9.18 Å². The molecule has 5 nitrogen and oxygen atoms in total. The molecule has 2 rings (SSSR count). The first-order valence-corrected chi connectivity index (χ1v) is 6.48. The molecule has 1 N–H and O–H groups in total. The molecule has 1 aromatic rings. The van der Waals surface area contributed by atoms with Crippen LogP contribution in [0, 0.1) is 5.82 Å². The number of likely N-dealkylation sites (tertiary alicyclic amines) is 1. The Hall–Kier alpha value is -2.11. The minimum absolute atomic E-state index is 0.119. The van der Waals surface area contributed by atoms with E-state index >= 15 is 0 Å². The lowest BCUT2D eigenvalue weighted by Gasteiger charge is -2.27. The molecule has 20 heavy (non-hydrogen) atoms. The van der Waals surface area contributed by atoms with Crippen molar-refractivity contribution in [3.05, 3.63) is 35.6 Å². The van der Waals surface area contributed by atoms with Gasteiger partial charge in [-0.05, 0) is 18.9 Å². The van der Waals surface area contributed by atoms with Crippen molar-refractivity contribution in [3.63, 3.8) is 0 Å². The van der Waals surface area contributed by atoms with E-state index in [2.05, 4.69) is 0 Å². The monoisotopic (exact) mass is 280 g/mol. The van der Waals surface area contributed by atoms with Crippen molar-refractivity contribution in [2.45, 2.75) is 25.4 Å². The standard InChI is InChI=1S/C14H17FN2O3/c1-16(9-10-5-2-3-6-11(10)15)14(20)17-8-4-7-12(17)13(18)19/h2-3,5-6,12H,4,7-9H2,1H3,(H,18,19)/t12-/m1/s1. The van der Waals surface area contributed by atoms with Gasteiger partial charge in [-0.2, -0.15) is 0 Å². The lowest BCUT2D eigenvalue weighted by Crippen LogP contribution is -2.46. The summed E-state index contributed by atoms with van der Waals surface area (Å²) in [6, 6.07) is 5.08. The Labute approximate surface area is 116 Å². The molecule has 1 saturated heterocycles. The Balaban J connectivity index is 2.05. The van der Waals surface area contributed by atoms with Crippen LogP contribution in [0.25, 0.3) is 0 Å². The Morgan fingerprint density at radius 2 is 2.15 bits per heavy atom. The Bertz CT molecular complexity index is 521. The van der Waals surface area contributed by atoms with E-state index in [9.17, 15) is 14.0 Å². The van der Waals surface area contributed by atoms with Crippen molar-refractivity contribution in [3.8, 4) is 0 Å². The molecule has 0 spiro atoms. The van der Waals surface area contributed by atoms with Crippen molar-refractivity contribution in [2.24, 2.45) is 0 Å². The van der Waals surface area contributed by atoms with Crippen molar-refractivity contribution < 1.29 is 19.1 Å². The third-order valence-corrected chi connectivity index (χ3v) is 3.48. The molecule has 1 aliphatic heterocycles. The number of amides is 2. The summed E-state index contributed by atoms with van der Waals surface area (Å²) in [5.41, 5.74) is 0.412. The lowest BCUT2D eigenvalue weighted by molar-refractivity contribution is -0.141. The Kier molecular flexibility index (Phi) is 4.22. The number of halogens is 1. The van der Waals surface area contributed by atoms with Gasteiger partial charge in [0.15, 0.2) is 0 Å². The molecule has 0 saturated carbocycles. The van der Waals surface area contributed by atoms with E-state index in [-0.39, 0.29) is 18.4 Å². The predicted molar refractivity (Wildman–Crippen MR) is 70.6 cm³/mol. The van der Waals surface area contributed by atoms with Gasteiger partial charge in [0.2, 0.25) is 0 Å². The molecule has 1 aromatic carbocycles. The van der Waals surface area contributed by atoms with E-state index in [4.69, 9.17) is 5.11 Å². The summed E-state index contributed by atoms with van der Waals surface area (Å²) in [5, 5.41) is 9.08. The first kappa shape index (κ1) is 14.3. The van der Waals surface area contributed by atoms with Gasteiger partial charge in [0.1, 0.15) is 11.9 Å². The summed E-state index contributed by atoms with van der Waals surface area (Å²) in [5.74, 6) is -1.36. The maximum atomic E-state index is 13.5. The fourth-order valence-electron chi connectivity index (χ4n) is 2.42. The quantitative estimate of drug-likeness (QED) is 0.920. The smallest absolute Gasteiger partial charge is 0.326 e. The highest BCUT2D eigenvalue weighted by Gasteiger charge is 2.35. The zero-order chi connectivity index (χ0) is 14.7. The second-order valence-electron chi connectivity index (χ2n) is 4.92. The van der Waals surface area contributed by atoms with Gasteiger partial charge in [-0.1, -0.05) is 18.2 Å². The summed E-state index contributed by atoms with van der Waals surface area (Å²) in [7, 11) is 1.55. The predicted octanol–water partition coefficient (Wildman–Crippen LogP) is 1.93. The fraction of sp³-hybridized carbons (Fsp3) is 0.429. The minimum Gasteiger partial charge on any atom is -0.480 e. The first-order valence-electron chi connectivity index (χ1n) is 6.48. The highest BCUT2D eigenvalue weighted by molar-refractivity contribution is 5.83. The van der Waals surface area contributed by atoms with Crippen LogP contribution in [0.15, 0.2) is 24.3 Å². The van der Waals surface area contributed by atoms with Crippen molar-refractivity contribution in [1.82, 2.24) is 9.80 Å². The summed E-state index contributed by atoms with van der Waals surface area (Å²) >= 11 is 0. The summed E-state index contributed by atoms with van der Waals surface area (Å²) in [6.07, 6.45) is 1.14. The van der Waals surface area contributed by atoms with Crippen LogP contribution in [0.2, 0.25) is 0 Å². The van der Waals surface area contributed by atoms with Gasteiger partial charge in [0.05, 0.1) is 0 Å². The number of nitrogens with zero attached hydrogens (tertiary/aromatic N) is 2. The molecule has 0 aliphatic carbocycles. The average Bonchev–Trinajstić information content (AvgIpc) is 2.89. The molecule has 0 bridgehead atoms. The van der Waals surface area contributed by atoms with Gasteiger partial charge in [0.25, 0.3) is 0 Å². The van der Waals surface area contributed by atoms with E-state index in [0.717, 1.165) is 0 Å². The van der Waals surface area contributed by atoms with Crippen molar-refractivity contribution >= 4 is 12.0 Å².